The number of hydrogen-bond acceptors (Lipinski definition) is 6. The molecule has 0 fully saturated rings. The third-order valence-corrected chi connectivity index (χ3v) is 5.64. The smallest absolute Gasteiger partial charge is 0.0730 e. The number of unbranched alkanes of at least 4 members (excludes halogenated alkanes) is 1. The molecule has 33 heavy (non-hydrogen) atoms. The Hall–Kier alpha value is -1.96. The second kappa shape index (κ2) is 16.6. The van der Waals surface area contributed by atoms with E-state index in [1.807, 2.05) is 0 Å². The van der Waals surface area contributed by atoms with E-state index in [0.717, 1.165) is 76.2 Å². The molecule has 0 radical (unpaired) electrons. The quantitative estimate of drug-likeness (QED) is 0.151. The number of aromatic nitrogens is 1. The summed E-state index contributed by atoms with van der Waals surface area (Å²) in [5.74, 6) is 0. The fraction of sp³-hybridized carbons (Fsp3) is 0.500. The Kier molecular flexibility index (Phi) is 13.7. The highest BCUT2D eigenvalue weighted by Gasteiger charge is 2.07. The zero-order chi connectivity index (χ0) is 22.3. The Bertz CT molecular complexity index is 866. The lowest BCUT2D eigenvalue weighted by atomic mass is 10.1. The molecule has 3 aromatic rings. The summed E-state index contributed by atoms with van der Waals surface area (Å²) < 4.78 is 0. The molecule has 0 unspecified atom stereocenters. The van der Waals surface area contributed by atoms with Gasteiger partial charge in [-0.15, -0.1) is 12.4 Å². The van der Waals surface area contributed by atoms with Gasteiger partial charge < -0.3 is 27.0 Å². The third-order valence-electron chi connectivity index (χ3n) is 5.64. The molecular weight excluding hydrogens is 432 g/mol. The van der Waals surface area contributed by atoms with E-state index in [2.05, 4.69) is 69.8 Å². The van der Waals surface area contributed by atoms with Gasteiger partial charge in [0.25, 0.3) is 0 Å². The second-order valence-corrected chi connectivity index (χ2v) is 8.25. The lowest BCUT2D eigenvalue weighted by Crippen LogP contribution is -2.25. The number of para-hydroxylation sites is 2. The van der Waals surface area contributed by atoms with Crippen LogP contribution in [-0.2, 0) is 0 Å². The molecule has 6 N–H and O–H groups in total. The SMILES string of the molecule is Cl.NCCCNCCCCNCCCNCCCNc1c2ccccc2nc2ccccc12. The molecule has 2 aromatic carbocycles. The van der Waals surface area contributed by atoms with Crippen LogP contribution in [0.25, 0.3) is 21.8 Å². The predicted molar refractivity (Wildman–Crippen MR) is 146 cm³/mol. The van der Waals surface area contributed by atoms with Crippen LogP contribution in [-0.4, -0.2) is 57.3 Å². The highest BCUT2D eigenvalue weighted by Crippen LogP contribution is 2.30. The molecule has 0 atom stereocenters. The molecule has 7 heteroatoms. The van der Waals surface area contributed by atoms with Crippen LogP contribution in [0.3, 0.4) is 0 Å². The molecule has 3 rings (SSSR count). The molecule has 0 bridgehead atoms. The van der Waals surface area contributed by atoms with Crippen molar-refractivity contribution in [3.63, 3.8) is 0 Å². The van der Waals surface area contributed by atoms with E-state index < -0.39 is 0 Å². The molecule has 1 aromatic heterocycles. The summed E-state index contributed by atoms with van der Waals surface area (Å²) in [6.07, 6.45) is 5.79. The largest absolute Gasteiger partial charge is 0.384 e. The minimum atomic E-state index is 0. The van der Waals surface area contributed by atoms with Gasteiger partial charge in [-0.2, -0.15) is 0 Å². The van der Waals surface area contributed by atoms with Crippen LogP contribution in [0.4, 0.5) is 5.69 Å². The fourth-order valence-electron chi connectivity index (χ4n) is 3.90. The summed E-state index contributed by atoms with van der Waals surface area (Å²) in [7, 11) is 0. The number of anilines is 1. The van der Waals surface area contributed by atoms with Crippen LogP contribution in [0.1, 0.15) is 32.1 Å². The Labute approximate surface area is 204 Å². The Balaban J connectivity index is 0.00000385. The van der Waals surface area contributed by atoms with Gasteiger partial charge in [-0.1, -0.05) is 36.4 Å². The van der Waals surface area contributed by atoms with Crippen LogP contribution in [0.2, 0.25) is 0 Å². The maximum absolute atomic E-state index is 5.48. The van der Waals surface area contributed by atoms with Crippen molar-refractivity contribution >= 4 is 39.9 Å². The Morgan fingerprint density at radius 1 is 0.576 bits per heavy atom. The van der Waals surface area contributed by atoms with Crippen molar-refractivity contribution in [1.29, 1.82) is 0 Å². The maximum Gasteiger partial charge on any atom is 0.0730 e. The van der Waals surface area contributed by atoms with E-state index in [-0.39, 0.29) is 12.4 Å². The molecule has 1 heterocycles. The minimum absolute atomic E-state index is 0. The van der Waals surface area contributed by atoms with Crippen molar-refractivity contribution in [1.82, 2.24) is 20.9 Å². The molecule has 0 aliphatic rings. The molecule has 0 amide bonds. The Morgan fingerprint density at radius 3 is 1.58 bits per heavy atom. The molecular formula is C26H41ClN6. The molecule has 182 valence electrons. The number of rotatable bonds is 17. The number of nitrogens with zero attached hydrogens (tertiary/aromatic N) is 1. The number of halogens is 1. The van der Waals surface area contributed by atoms with Gasteiger partial charge in [0.1, 0.15) is 0 Å². The van der Waals surface area contributed by atoms with Crippen LogP contribution in [0, 0.1) is 0 Å². The standard InChI is InChI=1S/C26H40N6.ClH/c27-14-7-17-28-15-5-6-16-29-18-8-19-30-20-9-21-31-26-22-10-1-3-12-24(22)32-25-13-4-2-11-23(25)26;/h1-4,10-13,28-30H,5-9,14-21,27H2,(H,31,32);1H. The number of hydrogen-bond donors (Lipinski definition) is 5. The number of benzene rings is 2. The first-order valence-corrected chi connectivity index (χ1v) is 12.2. The van der Waals surface area contributed by atoms with Gasteiger partial charge >= 0.3 is 0 Å². The fourth-order valence-corrected chi connectivity index (χ4v) is 3.90. The predicted octanol–water partition coefficient (Wildman–Crippen LogP) is 3.90. The summed E-state index contributed by atoms with van der Waals surface area (Å²) in [5, 5.41) is 16.6. The topological polar surface area (TPSA) is 87.0 Å². The van der Waals surface area contributed by atoms with E-state index in [0.29, 0.717) is 0 Å². The van der Waals surface area contributed by atoms with Crippen LogP contribution in [0.5, 0.6) is 0 Å². The summed E-state index contributed by atoms with van der Waals surface area (Å²) in [6.45, 7) is 8.15. The zero-order valence-electron chi connectivity index (χ0n) is 19.7. The van der Waals surface area contributed by atoms with Gasteiger partial charge in [0, 0.05) is 17.3 Å². The van der Waals surface area contributed by atoms with Gasteiger partial charge in [-0.3, -0.25) is 0 Å². The van der Waals surface area contributed by atoms with Gasteiger partial charge in [0.15, 0.2) is 0 Å². The van der Waals surface area contributed by atoms with Crippen molar-refractivity contribution in [2.45, 2.75) is 32.1 Å². The highest BCUT2D eigenvalue weighted by molar-refractivity contribution is 6.07. The third kappa shape index (κ3) is 9.43. The van der Waals surface area contributed by atoms with Gasteiger partial charge in [-0.05, 0) is 90.1 Å². The number of nitrogens with two attached hydrogens (primary N) is 1. The zero-order valence-corrected chi connectivity index (χ0v) is 20.6. The summed E-state index contributed by atoms with van der Waals surface area (Å²) in [6, 6.07) is 16.7. The summed E-state index contributed by atoms with van der Waals surface area (Å²) in [5.41, 5.74) is 8.77. The van der Waals surface area contributed by atoms with Crippen molar-refractivity contribution in [3.05, 3.63) is 48.5 Å². The summed E-state index contributed by atoms with van der Waals surface area (Å²) in [4.78, 5) is 4.80. The summed E-state index contributed by atoms with van der Waals surface area (Å²) >= 11 is 0. The van der Waals surface area contributed by atoms with Gasteiger partial charge in [0.05, 0.1) is 16.7 Å². The molecule has 0 aliphatic heterocycles. The maximum atomic E-state index is 5.48. The van der Waals surface area contributed by atoms with Gasteiger partial charge in [0.2, 0.25) is 0 Å². The Morgan fingerprint density at radius 2 is 1.03 bits per heavy atom. The molecule has 0 spiro atoms. The molecule has 0 aliphatic carbocycles. The van der Waals surface area contributed by atoms with Crippen molar-refractivity contribution < 1.29 is 0 Å². The van der Waals surface area contributed by atoms with E-state index in [1.165, 1.54) is 35.7 Å². The average molecular weight is 473 g/mol. The molecule has 6 nitrogen and oxygen atoms in total. The first-order chi connectivity index (χ1) is 15.9. The highest BCUT2D eigenvalue weighted by atomic mass is 35.5. The first-order valence-electron chi connectivity index (χ1n) is 12.2. The van der Waals surface area contributed by atoms with Crippen molar-refractivity contribution in [2.75, 3.05) is 57.7 Å². The molecule has 0 saturated carbocycles. The minimum Gasteiger partial charge on any atom is -0.384 e. The van der Waals surface area contributed by atoms with E-state index in [9.17, 15) is 0 Å². The van der Waals surface area contributed by atoms with E-state index >= 15 is 0 Å². The number of fused-ring (bicyclic) bond motifs is 2. The average Bonchev–Trinajstić information content (AvgIpc) is 2.83. The molecule has 0 saturated heterocycles. The van der Waals surface area contributed by atoms with Crippen LogP contribution < -0.4 is 27.0 Å². The number of nitrogens with one attached hydrogen (secondary N) is 4. The normalized spacial score (nSPS) is 11.1. The van der Waals surface area contributed by atoms with Gasteiger partial charge in [-0.25, -0.2) is 4.98 Å². The lowest BCUT2D eigenvalue weighted by Gasteiger charge is -2.13. The van der Waals surface area contributed by atoms with E-state index in [4.69, 9.17) is 10.7 Å². The van der Waals surface area contributed by atoms with Crippen LogP contribution in [0.15, 0.2) is 48.5 Å². The first kappa shape index (κ1) is 27.3. The van der Waals surface area contributed by atoms with E-state index in [1.54, 1.807) is 0 Å². The van der Waals surface area contributed by atoms with Crippen molar-refractivity contribution in [2.24, 2.45) is 5.73 Å². The second-order valence-electron chi connectivity index (χ2n) is 8.25. The monoisotopic (exact) mass is 472 g/mol. The number of pyridine rings is 1. The van der Waals surface area contributed by atoms with Crippen molar-refractivity contribution in [3.8, 4) is 0 Å². The van der Waals surface area contributed by atoms with Crippen LogP contribution >= 0.6 is 12.4 Å². The lowest BCUT2D eigenvalue weighted by molar-refractivity contribution is 0.554.